The summed E-state index contributed by atoms with van der Waals surface area (Å²) in [5.74, 6) is -0.0986. The number of nitrogens with one attached hydrogen (secondary N) is 2. The Hall–Kier alpha value is -2.65. The van der Waals surface area contributed by atoms with Crippen LogP contribution >= 0.6 is 22.9 Å². The van der Waals surface area contributed by atoms with Crippen molar-refractivity contribution in [2.45, 2.75) is 19.8 Å². The van der Waals surface area contributed by atoms with Crippen LogP contribution in [0.5, 0.6) is 0 Å². The molecule has 1 aromatic carbocycles. The molecule has 0 bridgehead atoms. The zero-order valence-electron chi connectivity index (χ0n) is 16.7. The molecule has 10 heteroatoms. The average molecular weight is 450 g/mol. The van der Waals surface area contributed by atoms with Crippen molar-refractivity contribution in [2.75, 3.05) is 38.0 Å². The van der Waals surface area contributed by atoms with Gasteiger partial charge in [-0.05, 0) is 24.1 Å². The number of benzene rings is 1. The van der Waals surface area contributed by atoms with Crippen LogP contribution in [0.1, 0.15) is 18.2 Å². The SMILES string of the molecule is CC(=O)N1CCN(C(=O)Nc2nc(CC(=O)NCCc3ccc(Cl)cc3)cs2)CC1. The van der Waals surface area contributed by atoms with Crippen LogP contribution in [0.2, 0.25) is 5.02 Å². The maximum Gasteiger partial charge on any atom is 0.323 e. The number of aromatic nitrogens is 1. The Morgan fingerprint density at radius 2 is 1.77 bits per heavy atom. The lowest BCUT2D eigenvalue weighted by molar-refractivity contribution is -0.130. The second-order valence-electron chi connectivity index (χ2n) is 6.97. The fourth-order valence-electron chi connectivity index (χ4n) is 3.06. The first-order chi connectivity index (χ1) is 14.4. The number of anilines is 1. The van der Waals surface area contributed by atoms with E-state index in [1.165, 1.54) is 18.3 Å². The summed E-state index contributed by atoms with van der Waals surface area (Å²) in [6, 6.07) is 7.28. The Bertz CT molecular complexity index is 894. The zero-order valence-corrected chi connectivity index (χ0v) is 18.3. The van der Waals surface area contributed by atoms with E-state index in [1.54, 1.807) is 15.2 Å². The van der Waals surface area contributed by atoms with Gasteiger partial charge in [0.05, 0.1) is 12.1 Å². The molecule has 3 rings (SSSR count). The summed E-state index contributed by atoms with van der Waals surface area (Å²) >= 11 is 7.15. The van der Waals surface area contributed by atoms with Crippen LogP contribution in [0.15, 0.2) is 29.6 Å². The molecule has 4 amide bonds. The van der Waals surface area contributed by atoms with Crippen molar-refractivity contribution >= 4 is 45.9 Å². The zero-order chi connectivity index (χ0) is 21.5. The molecule has 2 aromatic rings. The van der Waals surface area contributed by atoms with E-state index in [-0.39, 0.29) is 24.3 Å². The van der Waals surface area contributed by atoms with Gasteiger partial charge in [0.15, 0.2) is 5.13 Å². The Morgan fingerprint density at radius 3 is 2.43 bits per heavy atom. The van der Waals surface area contributed by atoms with E-state index in [9.17, 15) is 14.4 Å². The molecule has 30 heavy (non-hydrogen) atoms. The van der Waals surface area contributed by atoms with Gasteiger partial charge in [-0.2, -0.15) is 0 Å². The molecule has 8 nitrogen and oxygen atoms in total. The summed E-state index contributed by atoms with van der Waals surface area (Å²) in [5, 5.41) is 8.55. The molecule has 2 heterocycles. The minimum Gasteiger partial charge on any atom is -0.355 e. The van der Waals surface area contributed by atoms with E-state index in [0.29, 0.717) is 48.6 Å². The number of rotatable bonds is 6. The van der Waals surface area contributed by atoms with Gasteiger partial charge in [-0.1, -0.05) is 23.7 Å². The molecule has 1 saturated heterocycles. The topological polar surface area (TPSA) is 94.6 Å². The predicted octanol–water partition coefficient (Wildman–Crippen LogP) is 2.39. The van der Waals surface area contributed by atoms with Crippen molar-refractivity contribution in [3.63, 3.8) is 0 Å². The first-order valence-corrected chi connectivity index (χ1v) is 10.9. The molecule has 0 unspecified atom stereocenters. The molecular formula is C20H24ClN5O3S. The fraction of sp³-hybridized carbons (Fsp3) is 0.400. The summed E-state index contributed by atoms with van der Waals surface area (Å²) in [4.78, 5) is 43.6. The van der Waals surface area contributed by atoms with Gasteiger partial charge in [-0.3, -0.25) is 14.9 Å². The third-order valence-corrected chi connectivity index (χ3v) is 5.83. The first kappa shape index (κ1) is 22.0. The molecule has 1 aliphatic heterocycles. The van der Waals surface area contributed by atoms with Crippen LogP contribution in [0.4, 0.5) is 9.93 Å². The van der Waals surface area contributed by atoms with Gasteiger partial charge in [-0.15, -0.1) is 11.3 Å². The van der Waals surface area contributed by atoms with Gasteiger partial charge >= 0.3 is 6.03 Å². The Labute approximate surface area is 184 Å². The van der Waals surface area contributed by atoms with Crippen LogP contribution in [0.3, 0.4) is 0 Å². The standard InChI is InChI=1S/C20H24ClN5O3S/c1-14(27)25-8-10-26(11-9-25)20(29)24-19-23-17(13-30-19)12-18(28)22-7-6-15-2-4-16(21)5-3-15/h2-5,13H,6-12H2,1H3,(H,22,28)(H,23,24,29). The third-order valence-electron chi connectivity index (χ3n) is 4.77. The van der Waals surface area contributed by atoms with Crippen molar-refractivity contribution in [1.29, 1.82) is 0 Å². The lowest BCUT2D eigenvalue weighted by Crippen LogP contribution is -2.51. The summed E-state index contributed by atoms with van der Waals surface area (Å²) < 4.78 is 0. The minimum absolute atomic E-state index is 0.0195. The van der Waals surface area contributed by atoms with Crippen LogP contribution < -0.4 is 10.6 Å². The molecule has 1 aromatic heterocycles. The highest BCUT2D eigenvalue weighted by atomic mass is 35.5. The fourth-order valence-corrected chi connectivity index (χ4v) is 3.89. The van der Waals surface area contributed by atoms with Gasteiger partial charge in [0.2, 0.25) is 11.8 Å². The minimum atomic E-state index is -0.244. The second-order valence-corrected chi connectivity index (χ2v) is 8.26. The van der Waals surface area contributed by atoms with Crippen LogP contribution in [0.25, 0.3) is 0 Å². The Kier molecular flexibility index (Phi) is 7.64. The van der Waals surface area contributed by atoms with Gasteiger partial charge in [0.25, 0.3) is 0 Å². The van der Waals surface area contributed by atoms with Crippen LogP contribution in [-0.2, 0) is 22.4 Å². The number of carbonyl (C=O) groups is 3. The molecule has 0 spiro atoms. The van der Waals surface area contributed by atoms with Crippen molar-refractivity contribution in [2.24, 2.45) is 0 Å². The first-order valence-electron chi connectivity index (χ1n) is 9.67. The number of thiazole rings is 1. The highest BCUT2D eigenvalue weighted by molar-refractivity contribution is 7.13. The summed E-state index contributed by atoms with van der Waals surface area (Å²) in [5.41, 5.74) is 1.71. The van der Waals surface area contributed by atoms with Gasteiger partial charge in [0.1, 0.15) is 0 Å². The van der Waals surface area contributed by atoms with E-state index < -0.39 is 0 Å². The molecule has 0 saturated carbocycles. The number of carbonyl (C=O) groups excluding carboxylic acids is 3. The Balaban J connectivity index is 1.40. The summed E-state index contributed by atoms with van der Waals surface area (Å²) in [7, 11) is 0. The number of amides is 4. The van der Waals surface area contributed by atoms with Crippen molar-refractivity contribution in [3.8, 4) is 0 Å². The Morgan fingerprint density at radius 1 is 1.10 bits per heavy atom. The number of urea groups is 1. The van der Waals surface area contributed by atoms with Crippen molar-refractivity contribution in [3.05, 3.63) is 45.9 Å². The molecule has 0 radical (unpaired) electrons. The van der Waals surface area contributed by atoms with E-state index in [2.05, 4.69) is 15.6 Å². The van der Waals surface area contributed by atoms with Crippen molar-refractivity contribution < 1.29 is 14.4 Å². The molecule has 0 atom stereocenters. The highest BCUT2D eigenvalue weighted by Crippen LogP contribution is 2.17. The van der Waals surface area contributed by atoms with E-state index in [1.807, 2.05) is 24.3 Å². The lowest BCUT2D eigenvalue weighted by atomic mass is 10.1. The summed E-state index contributed by atoms with van der Waals surface area (Å²) in [6.07, 6.45) is 0.877. The predicted molar refractivity (Wildman–Crippen MR) is 117 cm³/mol. The summed E-state index contributed by atoms with van der Waals surface area (Å²) in [6.45, 7) is 4.09. The number of piperazine rings is 1. The average Bonchev–Trinajstić information content (AvgIpc) is 3.16. The van der Waals surface area contributed by atoms with Gasteiger partial charge in [0, 0.05) is 50.1 Å². The lowest BCUT2D eigenvalue weighted by Gasteiger charge is -2.33. The third kappa shape index (κ3) is 6.43. The monoisotopic (exact) mass is 449 g/mol. The molecule has 160 valence electrons. The highest BCUT2D eigenvalue weighted by Gasteiger charge is 2.23. The molecular weight excluding hydrogens is 426 g/mol. The van der Waals surface area contributed by atoms with Crippen LogP contribution in [-0.4, -0.2) is 65.4 Å². The van der Waals surface area contributed by atoms with E-state index in [4.69, 9.17) is 11.6 Å². The number of nitrogens with zero attached hydrogens (tertiary/aromatic N) is 3. The number of halogens is 1. The van der Waals surface area contributed by atoms with E-state index in [0.717, 1.165) is 12.0 Å². The van der Waals surface area contributed by atoms with E-state index >= 15 is 0 Å². The molecule has 1 fully saturated rings. The second kappa shape index (κ2) is 10.4. The normalized spacial score (nSPS) is 13.8. The van der Waals surface area contributed by atoms with Gasteiger partial charge in [-0.25, -0.2) is 9.78 Å². The quantitative estimate of drug-likeness (QED) is 0.707. The van der Waals surface area contributed by atoms with Gasteiger partial charge < -0.3 is 15.1 Å². The number of hydrogen-bond acceptors (Lipinski definition) is 5. The smallest absolute Gasteiger partial charge is 0.323 e. The maximum absolute atomic E-state index is 12.4. The number of hydrogen-bond donors (Lipinski definition) is 2. The van der Waals surface area contributed by atoms with Crippen LogP contribution in [0, 0.1) is 0 Å². The molecule has 1 aliphatic rings. The largest absolute Gasteiger partial charge is 0.355 e. The molecule has 2 N–H and O–H groups in total. The van der Waals surface area contributed by atoms with Crippen molar-refractivity contribution in [1.82, 2.24) is 20.1 Å². The molecule has 0 aliphatic carbocycles. The maximum atomic E-state index is 12.4.